The summed E-state index contributed by atoms with van der Waals surface area (Å²) in [5, 5.41) is 6.39. The van der Waals surface area contributed by atoms with E-state index in [1.807, 2.05) is 23.6 Å². The Hall–Kier alpha value is -1.90. The fraction of sp³-hybridized carbons (Fsp3) is 0.250. The third-order valence-electron chi connectivity index (χ3n) is 3.06. The highest BCUT2D eigenvalue weighted by Crippen LogP contribution is 2.28. The minimum atomic E-state index is -0.273. The van der Waals surface area contributed by atoms with Crippen molar-refractivity contribution in [3.05, 3.63) is 46.3 Å². The van der Waals surface area contributed by atoms with Crippen molar-refractivity contribution in [2.75, 3.05) is 6.61 Å². The van der Waals surface area contributed by atoms with Crippen LogP contribution in [0, 0.1) is 0 Å². The highest BCUT2D eigenvalue weighted by molar-refractivity contribution is 8.00. The topological polar surface area (TPSA) is 78.1 Å². The van der Waals surface area contributed by atoms with Gasteiger partial charge in [0.05, 0.1) is 29.5 Å². The Morgan fingerprint density at radius 3 is 3.00 bits per heavy atom. The second-order valence-electron chi connectivity index (χ2n) is 4.87. The van der Waals surface area contributed by atoms with Crippen LogP contribution in [0.15, 0.2) is 38.5 Å². The van der Waals surface area contributed by atoms with Crippen LogP contribution in [0.5, 0.6) is 0 Å². The Morgan fingerprint density at radius 2 is 2.20 bits per heavy atom. The van der Waals surface area contributed by atoms with E-state index in [-0.39, 0.29) is 12.4 Å². The molecule has 2 heterocycles. The molecule has 3 aromatic rings. The van der Waals surface area contributed by atoms with Crippen LogP contribution in [-0.4, -0.2) is 27.7 Å². The molecule has 9 heteroatoms. The summed E-state index contributed by atoms with van der Waals surface area (Å²) < 4.78 is 11.0. The number of aromatic nitrogens is 3. The summed E-state index contributed by atoms with van der Waals surface area (Å²) in [4.78, 5) is 20.2. The lowest BCUT2D eigenvalue weighted by Crippen LogP contribution is -2.07. The molecule has 0 aliphatic rings. The zero-order valence-corrected chi connectivity index (χ0v) is 15.7. The molecule has 0 saturated heterocycles. The van der Waals surface area contributed by atoms with Crippen LogP contribution in [0.25, 0.3) is 11.4 Å². The van der Waals surface area contributed by atoms with Gasteiger partial charge in [0.15, 0.2) is 4.34 Å². The van der Waals surface area contributed by atoms with E-state index in [1.54, 1.807) is 13.0 Å². The molecule has 25 heavy (non-hydrogen) atoms. The van der Waals surface area contributed by atoms with Crippen molar-refractivity contribution in [2.24, 2.45) is 0 Å². The van der Waals surface area contributed by atoms with Crippen molar-refractivity contribution in [3.63, 3.8) is 0 Å². The van der Waals surface area contributed by atoms with Crippen molar-refractivity contribution in [3.8, 4) is 11.4 Å². The molecule has 0 saturated carbocycles. The van der Waals surface area contributed by atoms with Crippen LogP contribution in [0.3, 0.4) is 0 Å². The van der Waals surface area contributed by atoms with Gasteiger partial charge in [-0.15, -0.1) is 11.3 Å². The molecule has 3 rings (SSSR count). The van der Waals surface area contributed by atoms with E-state index in [9.17, 15) is 4.79 Å². The van der Waals surface area contributed by atoms with Crippen molar-refractivity contribution in [2.45, 2.75) is 23.4 Å². The molecule has 0 bridgehead atoms. The molecule has 0 atom stereocenters. The largest absolute Gasteiger partial charge is 0.466 e. The maximum absolute atomic E-state index is 11.5. The first-order chi connectivity index (χ1) is 12.2. The number of thioether (sulfide) groups is 1. The molecule has 1 aromatic carbocycles. The Bertz CT molecular complexity index is 866. The monoisotopic (exact) mass is 395 g/mol. The summed E-state index contributed by atoms with van der Waals surface area (Å²) in [5.41, 5.74) is 1.43. The maximum Gasteiger partial charge on any atom is 0.311 e. The highest BCUT2D eigenvalue weighted by atomic mass is 35.5. The number of carbonyl (C=O) groups excluding carboxylic acids is 1. The lowest BCUT2D eigenvalue weighted by molar-refractivity contribution is -0.142. The number of rotatable bonds is 7. The number of hydrogen-bond donors (Lipinski definition) is 0. The average molecular weight is 396 g/mol. The van der Waals surface area contributed by atoms with E-state index >= 15 is 0 Å². The van der Waals surface area contributed by atoms with Gasteiger partial charge < -0.3 is 9.26 Å². The van der Waals surface area contributed by atoms with E-state index in [2.05, 4.69) is 15.1 Å². The van der Waals surface area contributed by atoms with E-state index < -0.39 is 0 Å². The summed E-state index contributed by atoms with van der Waals surface area (Å²) >= 11 is 9.08. The van der Waals surface area contributed by atoms with Gasteiger partial charge in [-0.25, -0.2) is 4.98 Å². The summed E-state index contributed by atoms with van der Waals surface area (Å²) in [5.74, 6) is 1.17. The number of halogens is 1. The average Bonchev–Trinajstić information content (AvgIpc) is 3.23. The predicted molar refractivity (Wildman–Crippen MR) is 96.8 cm³/mol. The summed E-state index contributed by atoms with van der Waals surface area (Å²) in [6.07, 6.45) is 0.183. The molecule has 0 aliphatic heterocycles. The van der Waals surface area contributed by atoms with Gasteiger partial charge in [0.1, 0.15) is 0 Å². The molecule has 0 N–H and O–H groups in total. The minimum Gasteiger partial charge on any atom is -0.466 e. The maximum atomic E-state index is 11.5. The third-order valence-corrected chi connectivity index (χ3v) is 5.45. The molecule has 130 valence electrons. The molecule has 0 spiro atoms. The van der Waals surface area contributed by atoms with Gasteiger partial charge in [-0.3, -0.25) is 4.79 Å². The van der Waals surface area contributed by atoms with Crippen LogP contribution in [0.1, 0.15) is 18.5 Å². The number of benzene rings is 1. The molecule has 0 unspecified atom stereocenters. The van der Waals surface area contributed by atoms with E-state index in [0.29, 0.717) is 34.8 Å². The first-order valence-electron chi connectivity index (χ1n) is 7.46. The third kappa shape index (κ3) is 4.81. The molecule has 0 fully saturated rings. The Kier molecular flexibility index (Phi) is 6.06. The first-order valence-corrected chi connectivity index (χ1v) is 9.70. The highest BCUT2D eigenvalue weighted by Gasteiger charge is 2.13. The molecule has 6 nitrogen and oxygen atoms in total. The van der Waals surface area contributed by atoms with Gasteiger partial charge in [0, 0.05) is 10.9 Å². The van der Waals surface area contributed by atoms with Gasteiger partial charge in [-0.2, -0.15) is 4.98 Å². The van der Waals surface area contributed by atoms with Crippen LogP contribution < -0.4 is 0 Å². The smallest absolute Gasteiger partial charge is 0.311 e. The van der Waals surface area contributed by atoms with Crippen LogP contribution >= 0.6 is 34.7 Å². The number of carbonyl (C=O) groups is 1. The number of nitrogens with zero attached hydrogens (tertiary/aromatic N) is 3. The molecular formula is C16H14ClN3O3S2. The van der Waals surface area contributed by atoms with Crippen molar-refractivity contribution >= 4 is 40.7 Å². The van der Waals surface area contributed by atoms with Gasteiger partial charge >= 0.3 is 5.97 Å². The number of esters is 1. The molecule has 0 radical (unpaired) electrons. The van der Waals surface area contributed by atoms with Crippen LogP contribution in [-0.2, 0) is 21.7 Å². The molecule has 0 amide bonds. The van der Waals surface area contributed by atoms with Crippen molar-refractivity contribution in [1.29, 1.82) is 0 Å². The van der Waals surface area contributed by atoms with Crippen LogP contribution in [0.2, 0.25) is 5.02 Å². The molecule has 2 aromatic heterocycles. The zero-order chi connectivity index (χ0) is 17.6. The van der Waals surface area contributed by atoms with Gasteiger partial charge in [0.2, 0.25) is 11.7 Å². The van der Waals surface area contributed by atoms with E-state index in [4.69, 9.17) is 20.9 Å². The zero-order valence-electron chi connectivity index (χ0n) is 13.3. The summed E-state index contributed by atoms with van der Waals surface area (Å²) in [6.45, 7) is 2.15. The second-order valence-corrected chi connectivity index (χ2v) is 7.35. The van der Waals surface area contributed by atoms with Gasteiger partial charge in [-0.1, -0.05) is 40.7 Å². The van der Waals surface area contributed by atoms with Gasteiger partial charge in [0.25, 0.3) is 0 Å². The Labute approximate surface area is 157 Å². The van der Waals surface area contributed by atoms with Crippen molar-refractivity contribution < 1.29 is 14.1 Å². The van der Waals surface area contributed by atoms with E-state index in [1.165, 1.54) is 23.1 Å². The second kappa shape index (κ2) is 8.46. The molecule has 0 aliphatic carbocycles. The quantitative estimate of drug-likeness (QED) is 0.437. The standard InChI is InChI=1S/C16H14ClN3O3S2/c1-2-22-14(21)7-10-8-24-16(18-10)25-9-13-19-15(20-23-13)11-5-3-4-6-12(11)17/h3-6,8H,2,7,9H2,1H3. The minimum absolute atomic E-state index is 0.183. The fourth-order valence-corrected chi connectivity index (χ4v) is 3.89. The Balaban J connectivity index is 1.59. The lowest BCUT2D eigenvalue weighted by Gasteiger charge is -1.98. The summed E-state index contributed by atoms with van der Waals surface area (Å²) in [6, 6.07) is 7.33. The fourth-order valence-electron chi connectivity index (χ4n) is 1.98. The van der Waals surface area contributed by atoms with Gasteiger partial charge in [-0.05, 0) is 19.1 Å². The predicted octanol–water partition coefficient (Wildman–Crippen LogP) is 4.24. The number of hydrogen-bond acceptors (Lipinski definition) is 8. The van der Waals surface area contributed by atoms with Crippen LogP contribution in [0.4, 0.5) is 0 Å². The number of ether oxygens (including phenoxy) is 1. The normalized spacial score (nSPS) is 10.8. The number of thiazole rings is 1. The lowest BCUT2D eigenvalue weighted by atomic mass is 10.2. The van der Waals surface area contributed by atoms with Crippen molar-refractivity contribution in [1.82, 2.24) is 15.1 Å². The molecular weight excluding hydrogens is 382 g/mol. The van der Waals surface area contributed by atoms with E-state index in [0.717, 1.165) is 9.90 Å². The summed E-state index contributed by atoms with van der Waals surface area (Å²) in [7, 11) is 0. The SMILES string of the molecule is CCOC(=O)Cc1csc(SCc2nc(-c3ccccc3Cl)no2)n1. The Morgan fingerprint density at radius 1 is 1.36 bits per heavy atom. The first kappa shape index (κ1) is 17.9.